The summed E-state index contributed by atoms with van der Waals surface area (Å²) in [5, 5.41) is 3.57. The van der Waals surface area contributed by atoms with E-state index in [1.54, 1.807) is 7.11 Å². The second kappa shape index (κ2) is 7.13. The van der Waals surface area contributed by atoms with E-state index in [4.69, 9.17) is 4.74 Å². The summed E-state index contributed by atoms with van der Waals surface area (Å²) < 4.78 is 5.30. The van der Waals surface area contributed by atoms with Gasteiger partial charge < -0.3 is 10.1 Å². The maximum atomic E-state index is 5.30. The lowest BCUT2D eigenvalue weighted by Gasteiger charge is -2.39. The van der Waals surface area contributed by atoms with E-state index in [1.807, 2.05) is 6.07 Å². The minimum Gasteiger partial charge on any atom is -0.497 e. The van der Waals surface area contributed by atoms with Gasteiger partial charge in [-0.15, -0.1) is 12.4 Å². The number of hydrogen-bond acceptors (Lipinski definition) is 3. The third-order valence-electron chi connectivity index (χ3n) is 3.71. The van der Waals surface area contributed by atoms with Gasteiger partial charge in [-0.05, 0) is 38.5 Å². The minimum atomic E-state index is 0. The molecule has 19 heavy (non-hydrogen) atoms. The lowest BCUT2D eigenvalue weighted by atomic mass is 10.0. The van der Waals surface area contributed by atoms with Crippen molar-refractivity contribution in [1.82, 2.24) is 10.2 Å². The maximum Gasteiger partial charge on any atom is 0.119 e. The molecule has 1 aliphatic rings. The van der Waals surface area contributed by atoms with Gasteiger partial charge in [0.25, 0.3) is 0 Å². The molecule has 1 aliphatic heterocycles. The highest BCUT2D eigenvalue weighted by Gasteiger charge is 2.25. The van der Waals surface area contributed by atoms with Gasteiger partial charge in [-0.25, -0.2) is 0 Å². The molecule has 3 atom stereocenters. The molecule has 0 spiro atoms. The molecule has 3 nitrogen and oxygen atoms in total. The molecular weight excluding hydrogens is 260 g/mol. The van der Waals surface area contributed by atoms with Crippen molar-refractivity contribution < 1.29 is 4.74 Å². The van der Waals surface area contributed by atoms with Gasteiger partial charge >= 0.3 is 0 Å². The number of ether oxygens (including phenoxy) is 1. The van der Waals surface area contributed by atoms with Crippen LogP contribution in [0, 0.1) is 0 Å². The Morgan fingerprint density at radius 1 is 1.26 bits per heavy atom. The average Bonchev–Trinajstić information content (AvgIpc) is 2.37. The normalized spacial score (nSPS) is 25.5. The van der Waals surface area contributed by atoms with Gasteiger partial charge in [-0.3, -0.25) is 4.90 Å². The molecular formula is C15H25ClN2O. The molecule has 3 unspecified atom stereocenters. The predicted molar refractivity (Wildman–Crippen MR) is 82.3 cm³/mol. The third-order valence-corrected chi connectivity index (χ3v) is 3.71. The van der Waals surface area contributed by atoms with E-state index >= 15 is 0 Å². The quantitative estimate of drug-likeness (QED) is 0.924. The van der Waals surface area contributed by atoms with Gasteiger partial charge in [0.1, 0.15) is 5.75 Å². The van der Waals surface area contributed by atoms with Gasteiger partial charge in [0.15, 0.2) is 0 Å². The fraction of sp³-hybridized carbons (Fsp3) is 0.600. The zero-order valence-corrected chi connectivity index (χ0v) is 13.0. The van der Waals surface area contributed by atoms with Gasteiger partial charge in [0, 0.05) is 31.2 Å². The summed E-state index contributed by atoms with van der Waals surface area (Å²) in [5.74, 6) is 0.940. The van der Waals surface area contributed by atoms with Crippen molar-refractivity contribution in [2.75, 3.05) is 20.2 Å². The Labute approximate surface area is 122 Å². The van der Waals surface area contributed by atoms with E-state index in [0.29, 0.717) is 18.1 Å². The number of nitrogens with zero attached hydrogens (tertiary/aromatic N) is 1. The van der Waals surface area contributed by atoms with Crippen LogP contribution < -0.4 is 10.1 Å². The van der Waals surface area contributed by atoms with Gasteiger partial charge in [-0.1, -0.05) is 12.1 Å². The molecule has 0 bridgehead atoms. The molecule has 0 aromatic heterocycles. The van der Waals surface area contributed by atoms with Crippen molar-refractivity contribution in [3.8, 4) is 5.75 Å². The van der Waals surface area contributed by atoms with Crippen molar-refractivity contribution in [2.24, 2.45) is 0 Å². The van der Waals surface area contributed by atoms with E-state index in [-0.39, 0.29) is 12.4 Å². The van der Waals surface area contributed by atoms with E-state index < -0.39 is 0 Å². The lowest BCUT2D eigenvalue weighted by molar-refractivity contribution is 0.131. The Hall–Kier alpha value is -0.770. The number of halogens is 1. The summed E-state index contributed by atoms with van der Waals surface area (Å²) in [7, 11) is 1.72. The van der Waals surface area contributed by atoms with Crippen LogP contribution >= 0.6 is 12.4 Å². The van der Waals surface area contributed by atoms with Crippen LogP contribution in [0.25, 0.3) is 0 Å². The Bertz CT molecular complexity index is 389. The molecule has 1 heterocycles. The number of hydrogen-bond donors (Lipinski definition) is 1. The lowest BCUT2D eigenvalue weighted by Crippen LogP contribution is -2.54. The van der Waals surface area contributed by atoms with E-state index in [2.05, 4.69) is 49.2 Å². The summed E-state index contributed by atoms with van der Waals surface area (Å²) in [5.41, 5.74) is 1.33. The molecule has 1 aromatic rings. The maximum absolute atomic E-state index is 5.30. The number of nitrogens with one attached hydrogen (secondary N) is 1. The van der Waals surface area contributed by atoms with Crippen LogP contribution in [0.5, 0.6) is 5.75 Å². The van der Waals surface area contributed by atoms with Crippen LogP contribution in [0.1, 0.15) is 32.4 Å². The van der Waals surface area contributed by atoms with Crippen molar-refractivity contribution in [3.05, 3.63) is 29.8 Å². The van der Waals surface area contributed by atoms with Crippen LogP contribution in [-0.4, -0.2) is 37.2 Å². The summed E-state index contributed by atoms with van der Waals surface area (Å²) in [4.78, 5) is 2.54. The summed E-state index contributed by atoms with van der Waals surface area (Å²) >= 11 is 0. The third kappa shape index (κ3) is 4.10. The van der Waals surface area contributed by atoms with Crippen LogP contribution in [0.3, 0.4) is 0 Å². The van der Waals surface area contributed by atoms with E-state index in [0.717, 1.165) is 18.8 Å². The fourth-order valence-electron chi connectivity index (χ4n) is 2.80. The molecule has 108 valence electrons. The Morgan fingerprint density at radius 3 is 2.47 bits per heavy atom. The van der Waals surface area contributed by atoms with Crippen LogP contribution in [0.2, 0.25) is 0 Å². The van der Waals surface area contributed by atoms with Crippen LogP contribution in [0.15, 0.2) is 24.3 Å². The first kappa shape index (κ1) is 16.3. The summed E-state index contributed by atoms with van der Waals surface area (Å²) in [6.45, 7) is 8.98. The number of rotatable bonds is 3. The average molecular weight is 285 g/mol. The van der Waals surface area contributed by atoms with Crippen LogP contribution in [0.4, 0.5) is 0 Å². The van der Waals surface area contributed by atoms with Crippen molar-refractivity contribution >= 4 is 12.4 Å². The first-order valence-corrected chi connectivity index (χ1v) is 6.74. The smallest absolute Gasteiger partial charge is 0.119 e. The van der Waals surface area contributed by atoms with Gasteiger partial charge in [0.05, 0.1) is 7.11 Å². The molecule has 4 heteroatoms. The molecule has 1 fully saturated rings. The second-order valence-corrected chi connectivity index (χ2v) is 5.38. The molecule has 1 saturated heterocycles. The monoisotopic (exact) mass is 284 g/mol. The van der Waals surface area contributed by atoms with E-state index in [1.165, 1.54) is 5.56 Å². The topological polar surface area (TPSA) is 24.5 Å². The van der Waals surface area contributed by atoms with Crippen molar-refractivity contribution in [3.63, 3.8) is 0 Å². The first-order valence-electron chi connectivity index (χ1n) is 6.74. The Balaban J connectivity index is 0.00000180. The standard InChI is InChI=1S/C15H24N2O.ClH/c1-11-9-17(10-12(2)16-11)13(3)14-6-5-7-15(8-14)18-4;/h5-8,11-13,16H,9-10H2,1-4H3;1H. The SMILES string of the molecule is COc1cccc(C(C)N2CC(C)NC(C)C2)c1.Cl. The number of methoxy groups -OCH3 is 1. The summed E-state index contributed by atoms with van der Waals surface area (Å²) in [6.07, 6.45) is 0. The minimum absolute atomic E-state index is 0. The predicted octanol–water partition coefficient (Wildman–Crippen LogP) is 2.86. The van der Waals surface area contributed by atoms with Crippen LogP contribution in [-0.2, 0) is 0 Å². The number of piperazine rings is 1. The first-order chi connectivity index (χ1) is 8.60. The Kier molecular flexibility index (Phi) is 6.11. The molecule has 0 radical (unpaired) electrons. The number of benzene rings is 1. The highest BCUT2D eigenvalue weighted by Crippen LogP contribution is 2.25. The molecule has 2 rings (SSSR count). The second-order valence-electron chi connectivity index (χ2n) is 5.38. The molecule has 1 aromatic carbocycles. The Morgan fingerprint density at radius 2 is 1.89 bits per heavy atom. The molecule has 1 N–H and O–H groups in total. The van der Waals surface area contributed by atoms with Crippen molar-refractivity contribution in [2.45, 2.75) is 38.9 Å². The summed E-state index contributed by atoms with van der Waals surface area (Å²) in [6, 6.07) is 9.95. The zero-order chi connectivity index (χ0) is 13.1. The molecule has 0 aliphatic carbocycles. The highest BCUT2D eigenvalue weighted by atomic mass is 35.5. The van der Waals surface area contributed by atoms with Crippen molar-refractivity contribution in [1.29, 1.82) is 0 Å². The molecule has 0 saturated carbocycles. The largest absolute Gasteiger partial charge is 0.497 e. The van der Waals surface area contributed by atoms with Gasteiger partial charge in [-0.2, -0.15) is 0 Å². The zero-order valence-electron chi connectivity index (χ0n) is 12.2. The van der Waals surface area contributed by atoms with Gasteiger partial charge in [0.2, 0.25) is 0 Å². The van der Waals surface area contributed by atoms with E-state index in [9.17, 15) is 0 Å². The molecule has 0 amide bonds. The fourth-order valence-corrected chi connectivity index (χ4v) is 2.80. The highest BCUT2D eigenvalue weighted by molar-refractivity contribution is 5.85.